The Morgan fingerprint density at radius 1 is 1.29 bits per heavy atom. The molecule has 0 bridgehead atoms. The van der Waals surface area contributed by atoms with Gasteiger partial charge in [0.05, 0.1) is 6.42 Å². The second-order valence-corrected chi connectivity index (χ2v) is 3.07. The van der Waals surface area contributed by atoms with Crippen LogP contribution in [0.4, 0.5) is 0 Å². The van der Waals surface area contributed by atoms with Crippen LogP contribution in [0.2, 0.25) is 0 Å². The van der Waals surface area contributed by atoms with Gasteiger partial charge in [0, 0.05) is 19.1 Å². The fraction of sp³-hybridized carbons (Fsp3) is 0.273. The lowest BCUT2D eigenvalue weighted by atomic mass is 10.1. The number of ketones is 2. The summed E-state index contributed by atoms with van der Waals surface area (Å²) in [6.07, 6.45) is 1.25. The average molecular weight is 240 g/mol. The van der Waals surface area contributed by atoms with E-state index in [1.807, 2.05) is 0 Å². The number of carbonyl (C=O) groups excluding carboxylic acids is 3. The van der Waals surface area contributed by atoms with E-state index in [9.17, 15) is 19.2 Å². The Morgan fingerprint density at radius 3 is 2.29 bits per heavy atom. The Labute approximate surface area is 97.6 Å². The fourth-order valence-electron chi connectivity index (χ4n) is 0.827. The third-order valence-electron chi connectivity index (χ3n) is 1.67. The summed E-state index contributed by atoms with van der Waals surface area (Å²) in [5.74, 6) is -3.55. The fourth-order valence-corrected chi connectivity index (χ4v) is 0.827. The third kappa shape index (κ3) is 6.77. The van der Waals surface area contributed by atoms with Gasteiger partial charge in [-0.25, -0.2) is 9.59 Å². The molecular weight excluding hydrogens is 228 g/mol. The van der Waals surface area contributed by atoms with E-state index < -0.39 is 29.6 Å². The summed E-state index contributed by atoms with van der Waals surface area (Å²) in [7, 11) is 0. The minimum Gasteiger partial charge on any atom is -0.478 e. The summed E-state index contributed by atoms with van der Waals surface area (Å²) >= 11 is 0. The number of hydrogen-bond donors (Lipinski definition) is 1. The zero-order chi connectivity index (χ0) is 13.4. The Balaban J connectivity index is 4.36. The highest BCUT2D eigenvalue weighted by molar-refractivity contribution is 6.36. The molecule has 0 fully saturated rings. The molecule has 0 radical (unpaired) electrons. The van der Waals surface area contributed by atoms with Crippen LogP contribution < -0.4 is 0 Å². The SMILES string of the molecule is C=CC(CC(=O)C(C)=O)OC(=O)/C=C\C(=O)O. The number of rotatable bonds is 7. The number of hydrogen-bond acceptors (Lipinski definition) is 5. The van der Waals surface area contributed by atoms with E-state index >= 15 is 0 Å². The highest BCUT2D eigenvalue weighted by Crippen LogP contribution is 2.02. The van der Waals surface area contributed by atoms with E-state index in [1.165, 1.54) is 6.08 Å². The minimum atomic E-state index is -1.29. The average Bonchev–Trinajstić information content (AvgIpc) is 2.25. The molecule has 0 aliphatic heterocycles. The molecule has 1 N–H and O–H groups in total. The van der Waals surface area contributed by atoms with Crippen molar-refractivity contribution in [3.8, 4) is 0 Å². The summed E-state index contributed by atoms with van der Waals surface area (Å²) in [4.78, 5) is 42.9. The Morgan fingerprint density at radius 2 is 1.88 bits per heavy atom. The summed E-state index contributed by atoms with van der Waals surface area (Å²) in [6, 6.07) is 0. The van der Waals surface area contributed by atoms with Crippen molar-refractivity contribution in [1.29, 1.82) is 0 Å². The van der Waals surface area contributed by atoms with Gasteiger partial charge in [0.15, 0.2) is 5.78 Å². The molecule has 0 aliphatic rings. The van der Waals surface area contributed by atoms with Crippen molar-refractivity contribution in [2.45, 2.75) is 19.4 Å². The number of carboxylic acid groups (broad SMARTS) is 1. The molecule has 0 aromatic carbocycles. The van der Waals surface area contributed by atoms with Gasteiger partial charge in [0.1, 0.15) is 6.10 Å². The van der Waals surface area contributed by atoms with Gasteiger partial charge < -0.3 is 9.84 Å². The van der Waals surface area contributed by atoms with Crippen LogP contribution in [0.5, 0.6) is 0 Å². The lowest BCUT2D eigenvalue weighted by Gasteiger charge is -2.10. The first kappa shape index (κ1) is 14.8. The predicted octanol–water partition coefficient (Wildman–Crippen LogP) is 0.273. The summed E-state index contributed by atoms with van der Waals surface area (Å²) in [6.45, 7) is 4.45. The third-order valence-corrected chi connectivity index (χ3v) is 1.67. The summed E-state index contributed by atoms with van der Waals surface area (Å²) in [5, 5.41) is 8.26. The molecule has 0 spiro atoms. The van der Waals surface area contributed by atoms with Crippen molar-refractivity contribution in [1.82, 2.24) is 0 Å². The quantitative estimate of drug-likeness (QED) is 0.297. The maximum Gasteiger partial charge on any atom is 0.331 e. The van der Waals surface area contributed by atoms with Crippen LogP contribution in [0, 0.1) is 0 Å². The number of carbonyl (C=O) groups is 4. The smallest absolute Gasteiger partial charge is 0.331 e. The molecule has 0 amide bonds. The molecule has 6 heteroatoms. The van der Waals surface area contributed by atoms with Crippen molar-refractivity contribution in [2.75, 3.05) is 0 Å². The summed E-state index contributed by atoms with van der Waals surface area (Å²) < 4.78 is 4.69. The first-order chi connectivity index (χ1) is 7.86. The van der Waals surface area contributed by atoms with Crippen molar-refractivity contribution in [3.05, 3.63) is 24.8 Å². The van der Waals surface area contributed by atoms with Crippen molar-refractivity contribution >= 4 is 23.5 Å². The van der Waals surface area contributed by atoms with Crippen LogP contribution in [0.1, 0.15) is 13.3 Å². The number of carboxylic acids is 1. The Hall–Kier alpha value is -2.24. The van der Waals surface area contributed by atoms with E-state index in [-0.39, 0.29) is 6.42 Å². The van der Waals surface area contributed by atoms with Gasteiger partial charge in [-0.15, -0.1) is 0 Å². The number of ether oxygens (including phenoxy) is 1. The van der Waals surface area contributed by atoms with E-state index in [2.05, 4.69) is 6.58 Å². The van der Waals surface area contributed by atoms with Crippen molar-refractivity contribution in [3.63, 3.8) is 0 Å². The van der Waals surface area contributed by atoms with Crippen LogP contribution in [-0.4, -0.2) is 34.7 Å². The van der Waals surface area contributed by atoms with Gasteiger partial charge in [-0.3, -0.25) is 9.59 Å². The molecule has 0 rings (SSSR count). The Kier molecular flexibility index (Phi) is 6.17. The first-order valence-corrected chi connectivity index (χ1v) is 4.64. The van der Waals surface area contributed by atoms with Gasteiger partial charge in [-0.2, -0.15) is 0 Å². The molecule has 92 valence electrons. The second-order valence-electron chi connectivity index (χ2n) is 3.07. The molecule has 17 heavy (non-hydrogen) atoms. The van der Waals surface area contributed by atoms with E-state index in [0.29, 0.717) is 12.2 Å². The van der Waals surface area contributed by atoms with Gasteiger partial charge in [-0.1, -0.05) is 12.7 Å². The zero-order valence-corrected chi connectivity index (χ0v) is 9.21. The van der Waals surface area contributed by atoms with Crippen LogP contribution in [0.15, 0.2) is 24.8 Å². The summed E-state index contributed by atoms with van der Waals surface area (Å²) in [5.41, 5.74) is 0. The van der Waals surface area contributed by atoms with Crippen LogP contribution in [-0.2, 0) is 23.9 Å². The monoisotopic (exact) mass is 240 g/mol. The Bertz CT molecular complexity index is 379. The van der Waals surface area contributed by atoms with Gasteiger partial charge in [0.25, 0.3) is 0 Å². The lowest BCUT2D eigenvalue weighted by Crippen LogP contribution is -2.22. The topological polar surface area (TPSA) is 97.7 Å². The molecule has 0 saturated heterocycles. The van der Waals surface area contributed by atoms with Gasteiger partial charge >= 0.3 is 11.9 Å². The first-order valence-electron chi connectivity index (χ1n) is 4.64. The van der Waals surface area contributed by atoms with E-state index in [0.717, 1.165) is 6.92 Å². The van der Waals surface area contributed by atoms with Crippen molar-refractivity contribution < 1.29 is 29.0 Å². The maximum atomic E-state index is 11.1. The molecule has 0 heterocycles. The highest BCUT2D eigenvalue weighted by atomic mass is 16.5. The van der Waals surface area contributed by atoms with E-state index in [4.69, 9.17) is 9.84 Å². The normalized spacial score (nSPS) is 11.8. The van der Waals surface area contributed by atoms with Crippen LogP contribution >= 0.6 is 0 Å². The lowest BCUT2D eigenvalue weighted by molar-refractivity contribution is -0.144. The standard InChI is InChI=1S/C11H12O6/c1-3-8(6-9(13)7(2)12)17-11(16)5-4-10(14)15/h3-5,8H,1,6H2,2H3,(H,14,15)/b5-4-. The molecule has 1 unspecified atom stereocenters. The van der Waals surface area contributed by atoms with Crippen LogP contribution in [0.25, 0.3) is 0 Å². The minimum absolute atomic E-state index is 0.300. The maximum absolute atomic E-state index is 11.1. The van der Waals surface area contributed by atoms with Gasteiger partial charge in [0.2, 0.25) is 5.78 Å². The molecular formula is C11H12O6. The molecule has 0 saturated carbocycles. The van der Waals surface area contributed by atoms with Crippen LogP contribution in [0.3, 0.4) is 0 Å². The van der Waals surface area contributed by atoms with Gasteiger partial charge in [-0.05, 0) is 0 Å². The second kappa shape index (κ2) is 7.10. The predicted molar refractivity (Wildman–Crippen MR) is 57.2 cm³/mol. The van der Waals surface area contributed by atoms with Crippen molar-refractivity contribution in [2.24, 2.45) is 0 Å². The number of aliphatic carboxylic acids is 1. The molecule has 0 aromatic heterocycles. The highest BCUT2D eigenvalue weighted by Gasteiger charge is 2.17. The largest absolute Gasteiger partial charge is 0.478 e. The number of esters is 1. The zero-order valence-electron chi connectivity index (χ0n) is 9.21. The molecule has 0 aliphatic carbocycles. The van der Waals surface area contributed by atoms with E-state index in [1.54, 1.807) is 0 Å². The molecule has 1 atom stereocenters. The molecule has 6 nitrogen and oxygen atoms in total. The number of Topliss-reactive ketones (excluding diaryl/α,β-unsaturated/α-hetero) is 2. The molecule has 0 aromatic rings.